The third-order valence-corrected chi connectivity index (χ3v) is 3.08. The summed E-state index contributed by atoms with van der Waals surface area (Å²) in [6.07, 6.45) is 7.61. The summed E-state index contributed by atoms with van der Waals surface area (Å²) in [5, 5.41) is 2.85. The first kappa shape index (κ1) is 11.9. The van der Waals surface area contributed by atoms with Gasteiger partial charge in [-0.05, 0) is 18.6 Å². The van der Waals surface area contributed by atoms with E-state index in [1.54, 1.807) is 23.3 Å². The van der Waals surface area contributed by atoms with Crippen LogP contribution in [0.2, 0.25) is 0 Å². The van der Waals surface area contributed by atoms with E-state index in [-0.39, 0.29) is 11.8 Å². The van der Waals surface area contributed by atoms with E-state index in [2.05, 4.69) is 15.3 Å². The summed E-state index contributed by atoms with van der Waals surface area (Å²) in [7, 11) is 0. The molecule has 0 aromatic carbocycles. The molecule has 1 atom stereocenters. The first-order valence-electron chi connectivity index (χ1n) is 6.16. The van der Waals surface area contributed by atoms with E-state index in [0.717, 1.165) is 12.2 Å². The van der Waals surface area contributed by atoms with Crippen molar-refractivity contribution in [2.24, 2.45) is 5.92 Å². The second-order valence-corrected chi connectivity index (χ2v) is 4.42. The van der Waals surface area contributed by atoms with E-state index in [1.165, 1.54) is 0 Å². The first-order valence-corrected chi connectivity index (χ1v) is 6.16. The lowest BCUT2D eigenvalue weighted by Crippen LogP contribution is -2.22. The molecule has 0 radical (unpaired) electrons. The molecule has 0 aliphatic carbocycles. The molecule has 1 aliphatic rings. The number of carbonyl (C=O) groups is 1. The largest absolute Gasteiger partial charge is 0.381 e. The molecule has 98 valence electrons. The van der Waals surface area contributed by atoms with Gasteiger partial charge in [0.05, 0.1) is 24.4 Å². The summed E-state index contributed by atoms with van der Waals surface area (Å²) in [6.45, 7) is 1.17. The molecule has 2 aromatic heterocycles. The standard InChI is InChI=1S/C13H14N4O2/c18-13(10-3-6-19-8-10)16-11-1-2-12(15-7-11)17-5-4-14-9-17/h1-2,4-5,7,9-10H,3,6,8H2,(H,16,18). The predicted octanol–water partition coefficient (Wildman–Crippen LogP) is 1.24. The second-order valence-electron chi connectivity index (χ2n) is 4.42. The molecule has 1 N–H and O–H groups in total. The normalized spacial score (nSPS) is 18.4. The minimum Gasteiger partial charge on any atom is -0.381 e. The number of anilines is 1. The zero-order valence-electron chi connectivity index (χ0n) is 10.3. The van der Waals surface area contributed by atoms with Gasteiger partial charge in [-0.2, -0.15) is 0 Å². The number of pyridine rings is 1. The maximum absolute atomic E-state index is 11.9. The molecule has 19 heavy (non-hydrogen) atoms. The zero-order chi connectivity index (χ0) is 13.1. The predicted molar refractivity (Wildman–Crippen MR) is 68.9 cm³/mol. The topological polar surface area (TPSA) is 69.0 Å². The monoisotopic (exact) mass is 258 g/mol. The van der Waals surface area contributed by atoms with Gasteiger partial charge in [-0.3, -0.25) is 9.36 Å². The van der Waals surface area contributed by atoms with Crippen LogP contribution in [0.3, 0.4) is 0 Å². The van der Waals surface area contributed by atoms with Gasteiger partial charge in [-0.1, -0.05) is 0 Å². The Kier molecular flexibility index (Phi) is 3.24. The van der Waals surface area contributed by atoms with Crippen LogP contribution in [-0.4, -0.2) is 33.7 Å². The van der Waals surface area contributed by atoms with Crippen molar-refractivity contribution < 1.29 is 9.53 Å². The van der Waals surface area contributed by atoms with Crippen molar-refractivity contribution in [3.8, 4) is 5.82 Å². The molecule has 1 saturated heterocycles. The molecule has 6 heteroatoms. The Labute approximate surface area is 110 Å². The van der Waals surface area contributed by atoms with E-state index in [1.807, 2.05) is 18.3 Å². The Balaban J connectivity index is 1.67. The quantitative estimate of drug-likeness (QED) is 0.899. The number of ether oxygens (including phenoxy) is 1. The van der Waals surface area contributed by atoms with Crippen LogP contribution in [-0.2, 0) is 9.53 Å². The van der Waals surface area contributed by atoms with E-state index in [4.69, 9.17) is 4.74 Å². The lowest BCUT2D eigenvalue weighted by molar-refractivity contribution is -0.119. The highest BCUT2D eigenvalue weighted by Crippen LogP contribution is 2.16. The molecule has 0 bridgehead atoms. The number of nitrogens with zero attached hydrogens (tertiary/aromatic N) is 3. The molecule has 1 amide bonds. The van der Waals surface area contributed by atoms with Crippen molar-refractivity contribution >= 4 is 11.6 Å². The second kappa shape index (κ2) is 5.19. The van der Waals surface area contributed by atoms with Crippen molar-refractivity contribution in [1.82, 2.24) is 14.5 Å². The van der Waals surface area contributed by atoms with Gasteiger partial charge in [-0.15, -0.1) is 0 Å². The van der Waals surface area contributed by atoms with Gasteiger partial charge in [0.15, 0.2) is 0 Å². The fourth-order valence-electron chi connectivity index (χ4n) is 1.99. The summed E-state index contributed by atoms with van der Waals surface area (Å²) in [6, 6.07) is 3.67. The van der Waals surface area contributed by atoms with Crippen LogP contribution in [0.5, 0.6) is 0 Å². The van der Waals surface area contributed by atoms with E-state index < -0.39 is 0 Å². The van der Waals surface area contributed by atoms with Gasteiger partial charge in [-0.25, -0.2) is 9.97 Å². The minimum atomic E-state index is -0.0478. The summed E-state index contributed by atoms with van der Waals surface area (Å²) in [5.74, 6) is 0.711. The van der Waals surface area contributed by atoms with Crippen LogP contribution in [0.1, 0.15) is 6.42 Å². The van der Waals surface area contributed by atoms with E-state index in [0.29, 0.717) is 18.9 Å². The molecular weight excluding hydrogens is 244 g/mol. The summed E-state index contributed by atoms with van der Waals surface area (Å²) < 4.78 is 7.00. The number of amides is 1. The lowest BCUT2D eigenvalue weighted by Gasteiger charge is -2.09. The van der Waals surface area contributed by atoms with Gasteiger partial charge >= 0.3 is 0 Å². The molecule has 0 saturated carbocycles. The maximum Gasteiger partial charge on any atom is 0.229 e. The van der Waals surface area contributed by atoms with Gasteiger partial charge < -0.3 is 10.1 Å². The fourth-order valence-corrected chi connectivity index (χ4v) is 1.99. The van der Waals surface area contributed by atoms with Crippen LogP contribution in [0, 0.1) is 5.92 Å². The minimum absolute atomic E-state index is 0.00493. The van der Waals surface area contributed by atoms with Crippen LogP contribution in [0.25, 0.3) is 5.82 Å². The number of imidazole rings is 1. The SMILES string of the molecule is O=C(Nc1ccc(-n2ccnc2)nc1)C1CCOC1. The Morgan fingerprint density at radius 2 is 2.42 bits per heavy atom. The van der Waals surface area contributed by atoms with Gasteiger partial charge in [0, 0.05) is 19.0 Å². The number of nitrogens with one attached hydrogen (secondary N) is 1. The highest BCUT2D eigenvalue weighted by atomic mass is 16.5. The highest BCUT2D eigenvalue weighted by molar-refractivity contribution is 5.92. The average molecular weight is 258 g/mol. The van der Waals surface area contributed by atoms with Crippen LogP contribution >= 0.6 is 0 Å². The Bertz CT molecular complexity index is 545. The molecular formula is C13H14N4O2. The number of rotatable bonds is 3. The average Bonchev–Trinajstić information content (AvgIpc) is 3.13. The Morgan fingerprint density at radius 3 is 3.05 bits per heavy atom. The molecule has 3 heterocycles. The number of carbonyl (C=O) groups excluding carboxylic acids is 1. The van der Waals surface area contributed by atoms with E-state index >= 15 is 0 Å². The Hall–Kier alpha value is -2.21. The fraction of sp³-hybridized carbons (Fsp3) is 0.308. The summed E-state index contributed by atoms with van der Waals surface area (Å²) >= 11 is 0. The number of hydrogen-bond donors (Lipinski definition) is 1. The molecule has 0 spiro atoms. The molecule has 2 aromatic rings. The third-order valence-electron chi connectivity index (χ3n) is 3.08. The van der Waals surface area contributed by atoms with Crippen molar-refractivity contribution in [3.63, 3.8) is 0 Å². The smallest absolute Gasteiger partial charge is 0.229 e. The van der Waals surface area contributed by atoms with Crippen LogP contribution < -0.4 is 5.32 Å². The maximum atomic E-state index is 11.9. The summed E-state index contributed by atoms with van der Waals surface area (Å²) in [5.41, 5.74) is 0.695. The van der Waals surface area contributed by atoms with Crippen molar-refractivity contribution in [2.75, 3.05) is 18.5 Å². The number of aromatic nitrogens is 3. The zero-order valence-corrected chi connectivity index (χ0v) is 10.3. The first-order chi connectivity index (χ1) is 9.33. The highest BCUT2D eigenvalue weighted by Gasteiger charge is 2.23. The Morgan fingerprint density at radius 1 is 1.47 bits per heavy atom. The van der Waals surface area contributed by atoms with Crippen LogP contribution in [0.15, 0.2) is 37.1 Å². The molecule has 6 nitrogen and oxygen atoms in total. The van der Waals surface area contributed by atoms with Gasteiger partial charge in [0.25, 0.3) is 0 Å². The lowest BCUT2D eigenvalue weighted by atomic mass is 10.1. The van der Waals surface area contributed by atoms with Gasteiger partial charge in [0.2, 0.25) is 5.91 Å². The van der Waals surface area contributed by atoms with Crippen LogP contribution in [0.4, 0.5) is 5.69 Å². The van der Waals surface area contributed by atoms with Crippen molar-refractivity contribution in [1.29, 1.82) is 0 Å². The molecule has 1 aliphatic heterocycles. The molecule has 1 fully saturated rings. The molecule has 3 rings (SSSR count). The van der Waals surface area contributed by atoms with Crippen molar-refractivity contribution in [2.45, 2.75) is 6.42 Å². The van der Waals surface area contributed by atoms with E-state index in [9.17, 15) is 4.79 Å². The number of hydrogen-bond acceptors (Lipinski definition) is 4. The van der Waals surface area contributed by atoms with Crippen molar-refractivity contribution in [3.05, 3.63) is 37.1 Å². The summed E-state index contributed by atoms with van der Waals surface area (Å²) in [4.78, 5) is 20.1. The third kappa shape index (κ3) is 2.63. The molecule has 1 unspecified atom stereocenters. The van der Waals surface area contributed by atoms with Gasteiger partial charge in [0.1, 0.15) is 12.1 Å².